The first-order chi connectivity index (χ1) is 5.47. The second kappa shape index (κ2) is 2.74. The van der Waals surface area contributed by atoms with Crippen molar-refractivity contribution in [2.24, 2.45) is 5.16 Å². The van der Waals surface area contributed by atoms with Crippen LogP contribution in [0.2, 0.25) is 0 Å². The Labute approximate surface area is 64.5 Å². The smallest absolute Gasteiger partial charge is 0.153 e. The molecule has 1 aliphatic rings. The first-order valence-electron chi connectivity index (χ1n) is 3.64. The van der Waals surface area contributed by atoms with E-state index in [-0.39, 0.29) is 0 Å². The Balaban J connectivity index is 2.22. The van der Waals surface area contributed by atoms with Crippen molar-refractivity contribution in [2.75, 3.05) is 6.61 Å². The topological polar surface area (TPSA) is 39.4 Å². The normalized spacial score (nSPS) is 17.3. The minimum Gasteiger partial charge on any atom is -0.394 e. The van der Waals surface area contributed by atoms with E-state index in [1.807, 2.05) is 10.8 Å². The maximum absolute atomic E-state index is 4.95. The van der Waals surface area contributed by atoms with Crippen LogP contribution in [0.3, 0.4) is 0 Å². The molecular formula is C7H9N3O. The van der Waals surface area contributed by atoms with E-state index >= 15 is 0 Å². The summed E-state index contributed by atoms with van der Waals surface area (Å²) in [5.74, 6) is 0.939. The van der Waals surface area contributed by atoms with Gasteiger partial charge in [0.15, 0.2) is 5.84 Å². The maximum atomic E-state index is 4.95. The third kappa shape index (κ3) is 1.24. The lowest BCUT2D eigenvalue weighted by molar-refractivity contribution is 0.129. The molecule has 11 heavy (non-hydrogen) atoms. The second-order valence-corrected chi connectivity index (χ2v) is 2.41. The van der Waals surface area contributed by atoms with E-state index in [0.717, 1.165) is 25.3 Å². The zero-order valence-corrected chi connectivity index (χ0v) is 6.10. The molecule has 0 fully saturated rings. The molecule has 0 amide bonds. The third-order valence-corrected chi connectivity index (χ3v) is 1.61. The number of imidazole rings is 1. The maximum Gasteiger partial charge on any atom is 0.153 e. The van der Waals surface area contributed by atoms with E-state index in [1.54, 1.807) is 12.5 Å². The van der Waals surface area contributed by atoms with Crippen LogP contribution in [0.15, 0.2) is 23.9 Å². The van der Waals surface area contributed by atoms with Gasteiger partial charge in [0.25, 0.3) is 0 Å². The monoisotopic (exact) mass is 151 g/mol. The van der Waals surface area contributed by atoms with Crippen molar-refractivity contribution < 1.29 is 4.84 Å². The fourth-order valence-corrected chi connectivity index (χ4v) is 1.05. The van der Waals surface area contributed by atoms with Crippen LogP contribution >= 0.6 is 0 Å². The van der Waals surface area contributed by atoms with Crippen LogP contribution in [0.25, 0.3) is 0 Å². The summed E-state index contributed by atoms with van der Waals surface area (Å²) < 4.78 is 1.87. The molecule has 0 aliphatic carbocycles. The van der Waals surface area contributed by atoms with E-state index < -0.39 is 0 Å². The van der Waals surface area contributed by atoms with Crippen LogP contribution in [0, 0.1) is 0 Å². The minimum atomic E-state index is 0.734. The van der Waals surface area contributed by atoms with E-state index in [0.29, 0.717) is 0 Å². The molecule has 2 heterocycles. The zero-order chi connectivity index (χ0) is 7.52. The van der Waals surface area contributed by atoms with Gasteiger partial charge in [0.1, 0.15) is 12.9 Å². The van der Waals surface area contributed by atoms with Gasteiger partial charge in [0.05, 0.1) is 0 Å². The van der Waals surface area contributed by atoms with Crippen molar-refractivity contribution in [1.82, 2.24) is 9.55 Å². The highest BCUT2D eigenvalue weighted by molar-refractivity contribution is 5.84. The second-order valence-electron chi connectivity index (χ2n) is 2.41. The van der Waals surface area contributed by atoms with Crippen LogP contribution in [-0.2, 0) is 4.84 Å². The van der Waals surface area contributed by atoms with Crippen LogP contribution < -0.4 is 0 Å². The van der Waals surface area contributed by atoms with Crippen molar-refractivity contribution in [3.05, 3.63) is 18.7 Å². The van der Waals surface area contributed by atoms with Crippen molar-refractivity contribution in [2.45, 2.75) is 12.8 Å². The van der Waals surface area contributed by atoms with Crippen molar-refractivity contribution in [3.8, 4) is 0 Å². The summed E-state index contributed by atoms with van der Waals surface area (Å²) in [5, 5.41) is 3.91. The molecule has 1 aliphatic heterocycles. The fraction of sp³-hybridized carbons (Fsp3) is 0.429. The number of oxime groups is 1. The van der Waals surface area contributed by atoms with Gasteiger partial charge in [-0.3, -0.25) is 4.57 Å². The quantitative estimate of drug-likeness (QED) is 0.551. The molecule has 0 aromatic carbocycles. The standard InChI is InChI=1S/C7H9N3O/c1-2-7(9-11-5-1)10-4-3-8-6-10/h3-4,6H,1-2,5H2. The molecule has 1 aromatic rings. The molecule has 0 radical (unpaired) electrons. The van der Waals surface area contributed by atoms with Gasteiger partial charge in [-0.05, 0) is 6.42 Å². The summed E-state index contributed by atoms with van der Waals surface area (Å²) in [6.45, 7) is 0.734. The molecule has 4 heteroatoms. The Morgan fingerprint density at radius 3 is 3.18 bits per heavy atom. The molecule has 0 saturated heterocycles. The molecule has 0 N–H and O–H groups in total. The Morgan fingerprint density at radius 2 is 2.55 bits per heavy atom. The SMILES string of the molecule is c1cn(C2=NOCCC2)cn1. The highest BCUT2D eigenvalue weighted by Gasteiger charge is 2.06. The summed E-state index contributed by atoms with van der Waals surface area (Å²) in [6, 6.07) is 0. The van der Waals surface area contributed by atoms with Gasteiger partial charge in [0.2, 0.25) is 0 Å². The molecule has 0 bridgehead atoms. The lowest BCUT2D eigenvalue weighted by Crippen LogP contribution is -2.15. The molecule has 2 rings (SSSR count). The highest BCUT2D eigenvalue weighted by atomic mass is 16.6. The summed E-state index contributed by atoms with van der Waals surface area (Å²) >= 11 is 0. The molecular weight excluding hydrogens is 142 g/mol. The third-order valence-electron chi connectivity index (χ3n) is 1.61. The Kier molecular flexibility index (Phi) is 1.59. The van der Waals surface area contributed by atoms with Crippen molar-refractivity contribution in [3.63, 3.8) is 0 Å². The summed E-state index contributed by atoms with van der Waals surface area (Å²) in [6.07, 6.45) is 7.34. The van der Waals surface area contributed by atoms with E-state index in [2.05, 4.69) is 10.1 Å². The van der Waals surface area contributed by atoms with Crippen LogP contribution in [0.4, 0.5) is 0 Å². The molecule has 58 valence electrons. The summed E-state index contributed by atoms with van der Waals surface area (Å²) in [7, 11) is 0. The molecule has 0 unspecified atom stereocenters. The van der Waals surface area contributed by atoms with Gasteiger partial charge in [0, 0.05) is 18.8 Å². The molecule has 0 atom stereocenters. The lowest BCUT2D eigenvalue weighted by Gasteiger charge is -2.11. The first-order valence-corrected chi connectivity index (χ1v) is 3.64. The Hall–Kier alpha value is -1.32. The van der Waals surface area contributed by atoms with Crippen LogP contribution in [0.1, 0.15) is 12.8 Å². The van der Waals surface area contributed by atoms with Crippen molar-refractivity contribution in [1.29, 1.82) is 0 Å². The fourth-order valence-electron chi connectivity index (χ4n) is 1.05. The van der Waals surface area contributed by atoms with E-state index in [4.69, 9.17) is 4.84 Å². The first kappa shape index (κ1) is 6.39. The summed E-state index contributed by atoms with van der Waals surface area (Å²) in [5.41, 5.74) is 0. The largest absolute Gasteiger partial charge is 0.394 e. The Bertz CT molecular complexity index is 253. The number of hydrogen-bond donors (Lipinski definition) is 0. The van der Waals surface area contributed by atoms with Gasteiger partial charge in [-0.15, -0.1) is 0 Å². The predicted molar refractivity (Wildman–Crippen MR) is 40.2 cm³/mol. The van der Waals surface area contributed by atoms with Gasteiger partial charge in [-0.2, -0.15) is 0 Å². The van der Waals surface area contributed by atoms with Gasteiger partial charge < -0.3 is 4.84 Å². The molecule has 1 aromatic heterocycles. The lowest BCUT2D eigenvalue weighted by atomic mass is 10.3. The van der Waals surface area contributed by atoms with E-state index in [1.165, 1.54) is 0 Å². The van der Waals surface area contributed by atoms with E-state index in [9.17, 15) is 0 Å². The predicted octanol–water partition coefficient (Wildman–Crippen LogP) is 0.855. The van der Waals surface area contributed by atoms with Crippen molar-refractivity contribution >= 4 is 5.84 Å². The zero-order valence-electron chi connectivity index (χ0n) is 6.10. The van der Waals surface area contributed by atoms with Gasteiger partial charge >= 0.3 is 0 Å². The highest BCUT2D eigenvalue weighted by Crippen LogP contribution is 2.04. The van der Waals surface area contributed by atoms with Gasteiger partial charge in [-0.1, -0.05) is 5.16 Å². The number of hydrogen-bond acceptors (Lipinski definition) is 3. The number of aromatic nitrogens is 2. The number of nitrogens with zero attached hydrogens (tertiary/aromatic N) is 3. The molecule has 4 nitrogen and oxygen atoms in total. The Morgan fingerprint density at radius 1 is 1.55 bits per heavy atom. The van der Waals surface area contributed by atoms with Gasteiger partial charge in [-0.25, -0.2) is 4.98 Å². The molecule has 0 spiro atoms. The minimum absolute atomic E-state index is 0.734. The molecule has 0 saturated carbocycles. The van der Waals surface area contributed by atoms with Crippen LogP contribution in [0.5, 0.6) is 0 Å². The number of rotatable bonds is 0. The average molecular weight is 151 g/mol. The average Bonchev–Trinajstić information content (AvgIpc) is 2.58. The summed E-state index contributed by atoms with van der Waals surface area (Å²) in [4.78, 5) is 8.87. The van der Waals surface area contributed by atoms with Crippen LogP contribution in [-0.4, -0.2) is 22.0 Å².